The van der Waals surface area contributed by atoms with Crippen molar-refractivity contribution in [3.8, 4) is 0 Å². The minimum absolute atomic E-state index is 0.0439. The van der Waals surface area contributed by atoms with Crippen molar-refractivity contribution in [1.29, 1.82) is 0 Å². The normalized spacial score (nSPS) is 23.4. The number of carbonyl (C=O) groups is 1. The van der Waals surface area contributed by atoms with Gasteiger partial charge in [-0.1, -0.05) is 15.9 Å². The first-order valence-electron chi connectivity index (χ1n) is 5.63. The quantitative estimate of drug-likeness (QED) is 0.793. The Labute approximate surface area is 103 Å². The van der Waals surface area contributed by atoms with Gasteiger partial charge in [0.05, 0.1) is 11.4 Å². The predicted molar refractivity (Wildman–Crippen MR) is 67.8 cm³/mol. The smallest absolute Gasteiger partial charge is 0.247 e. The van der Waals surface area contributed by atoms with Crippen LogP contribution in [0.3, 0.4) is 0 Å². The third kappa shape index (κ3) is 1.52. The molecule has 0 spiro atoms. The van der Waals surface area contributed by atoms with Crippen molar-refractivity contribution in [1.82, 2.24) is 0 Å². The molecule has 1 aromatic carbocycles. The van der Waals surface area contributed by atoms with Crippen LogP contribution in [0.5, 0.6) is 0 Å². The van der Waals surface area contributed by atoms with E-state index in [9.17, 15) is 4.79 Å². The number of halogens is 1. The van der Waals surface area contributed by atoms with Crippen LogP contribution in [0, 0.1) is 0 Å². The Hall–Kier alpha value is -1.03. The molecule has 3 nitrogen and oxygen atoms in total. The lowest BCUT2D eigenvalue weighted by Crippen LogP contribution is -2.50. The zero-order chi connectivity index (χ0) is 11.1. The minimum Gasteiger partial charge on any atom is -0.358 e. The van der Waals surface area contributed by atoms with E-state index in [0.717, 1.165) is 35.2 Å². The lowest BCUT2D eigenvalue weighted by atomic mass is 9.97. The number of nitrogens with one attached hydrogen (secondary N) is 1. The van der Waals surface area contributed by atoms with Crippen LogP contribution in [0.2, 0.25) is 0 Å². The highest BCUT2D eigenvalue weighted by molar-refractivity contribution is 9.10. The fraction of sp³-hybridized carbons (Fsp3) is 0.417. The van der Waals surface area contributed by atoms with E-state index in [1.54, 1.807) is 0 Å². The molecule has 1 fully saturated rings. The van der Waals surface area contributed by atoms with Crippen LogP contribution in [0.1, 0.15) is 19.3 Å². The van der Waals surface area contributed by atoms with Crippen LogP contribution < -0.4 is 10.2 Å². The number of hydrogen-bond donors (Lipinski definition) is 1. The molecule has 0 saturated carbocycles. The summed E-state index contributed by atoms with van der Waals surface area (Å²) in [6.07, 6.45) is 3.31. The van der Waals surface area contributed by atoms with Gasteiger partial charge in [-0.3, -0.25) is 4.79 Å². The topological polar surface area (TPSA) is 32.3 Å². The van der Waals surface area contributed by atoms with Gasteiger partial charge in [0.25, 0.3) is 0 Å². The van der Waals surface area contributed by atoms with Crippen molar-refractivity contribution in [2.24, 2.45) is 0 Å². The number of anilines is 2. The van der Waals surface area contributed by atoms with Gasteiger partial charge in [0.2, 0.25) is 5.91 Å². The molecule has 2 aliphatic rings. The summed E-state index contributed by atoms with van der Waals surface area (Å²) >= 11 is 3.43. The molecule has 0 aromatic heterocycles. The number of piperidine rings is 1. The molecular formula is C12H13BrN2O. The second-order valence-corrected chi connectivity index (χ2v) is 5.27. The molecule has 84 valence electrons. The maximum Gasteiger partial charge on any atom is 0.247 e. The van der Waals surface area contributed by atoms with E-state index in [4.69, 9.17) is 0 Å². The summed E-state index contributed by atoms with van der Waals surface area (Å²) in [4.78, 5) is 14.2. The summed E-state index contributed by atoms with van der Waals surface area (Å²) in [6.45, 7) is 0.993. The standard InChI is InChI=1S/C12H13BrN2O/c13-8-4-5-10-9(7-8)14-12(16)11-3-1-2-6-15(10)11/h4-5,7,11H,1-3,6H2,(H,14,16). The number of hydrogen-bond acceptors (Lipinski definition) is 2. The number of fused-ring (bicyclic) bond motifs is 3. The molecule has 1 aromatic rings. The van der Waals surface area contributed by atoms with Crippen molar-refractivity contribution < 1.29 is 4.79 Å². The van der Waals surface area contributed by atoms with Crippen molar-refractivity contribution in [3.63, 3.8) is 0 Å². The number of amides is 1. The molecule has 3 rings (SSSR count). The first-order valence-corrected chi connectivity index (χ1v) is 6.42. The van der Waals surface area contributed by atoms with E-state index in [1.807, 2.05) is 12.1 Å². The van der Waals surface area contributed by atoms with Gasteiger partial charge in [-0.2, -0.15) is 0 Å². The Morgan fingerprint density at radius 1 is 1.38 bits per heavy atom. The van der Waals surface area contributed by atoms with Crippen LogP contribution in [0.15, 0.2) is 22.7 Å². The maximum atomic E-state index is 11.9. The highest BCUT2D eigenvalue weighted by atomic mass is 79.9. The molecule has 16 heavy (non-hydrogen) atoms. The molecule has 4 heteroatoms. The molecule has 1 N–H and O–H groups in total. The van der Waals surface area contributed by atoms with Gasteiger partial charge in [0, 0.05) is 11.0 Å². The maximum absolute atomic E-state index is 11.9. The van der Waals surface area contributed by atoms with Gasteiger partial charge in [-0.15, -0.1) is 0 Å². The zero-order valence-electron chi connectivity index (χ0n) is 8.87. The van der Waals surface area contributed by atoms with Gasteiger partial charge in [-0.05, 0) is 37.5 Å². The van der Waals surface area contributed by atoms with Crippen LogP contribution in [0.4, 0.5) is 11.4 Å². The van der Waals surface area contributed by atoms with Gasteiger partial charge >= 0.3 is 0 Å². The number of rotatable bonds is 0. The number of nitrogens with zero attached hydrogens (tertiary/aromatic N) is 1. The fourth-order valence-electron chi connectivity index (χ4n) is 2.57. The highest BCUT2D eigenvalue weighted by Crippen LogP contribution is 2.37. The predicted octanol–water partition coefficient (Wildman–Crippen LogP) is 2.76. The lowest BCUT2D eigenvalue weighted by molar-refractivity contribution is -0.118. The molecular weight excluding hydrogens is 268 g/mol. The SMILES string of the molecule is O=C1Nc2cc(Br)ccc2N2CCCCC12. The summed E-state index contributed by atoms with van der Waals surface area (Å²) in [6, 6.07) is 6.12. The minimum atomic E-state index is 0.0439. The highest BCUT2D eigenvalue weighted by Gasteiger charge is 2.34. The molecule has 1 unspecified atom stereocenters. The van der Waals surface area contributed by atoms with Gasteiger partial charge in [0.1, 0.15) is 6.04 Å². The fourth-order valence-corrected chi connectivity index (χ4v) is 2.93. The summed E-state index contributed by atoms with van der Waals surface area (Å²) in [7, 11) is 0. The molecule has 0 radical (unpaired) electrons. The number of carbonyl (C=O) groups excluding carboxylic acids is 1. The van der Waals surface area contributed by atoms with Crippen LogP contribution in [-0.4, -0.2) is 18.5 Å². The summed E-state index contributed by atoms with van der Waals surface area (Å²) < 4.78 is 1.00. The van der Waals surface area contributed by atoms with E-state index in [2.05, 4.69) is 32.2 Å². The molecule has 1 atom stereocenters. The Morgan fingerprint density at radius 2 is 2.25 bits per heavy atom. The van der Waals surface area contributed by atoms with Crippen LogP contribution in [-0.2, 0) is 4.79 Å². The summed E-state index contributed by atoms with van der Waals surface area (Å²) in [5.74, 6) is 0.144. The first-order chi connectivity index (χ1) is 7.75. The van der Waals surface area contributed by atoms with Crippen LogP contribution in [0.25, 0.3) is 0 Å². The zero-order valence-corrected chi connectivity index (χ0v) is 10.5. The summed E-state index contributed by atoms with van der Waals surface area (Å²) in [5.41, 5.74) is 2.09. The van der Waals surface area contributed by atoms with Gasteiger partial charge in [-0.25, -0.2) is 0 Å². The van der Waals surface area contributed by atoms with E-state index in [1.165, 1.54) is 6.42 Å². The third-order valence-corrected chi connectivity index (χ3v) is 3.82. The van der Waals surface area contributed by atoms with E-state index >= 15 is 0 Å². The monoisotopic (exact) mass is 280 g/mol. The average molecular weight is 281 g/mol. The Morgan fingerprint density at radius 3 is 3.12 bits per heavy atom. The Kier molecular flexibility index (Phi) is 2.39. The molecule has 1 amide bonds. The van der Waals surface area contributed by atoms with Gasteiger partial charge < -0.3 is 10.2 Å². The molecule has 0 bridgehead atoms. The average Bonchev–Trinajstić information content (AvgIpc) is 2.29. The Bertz CT molecular complexity index is 447. The van der Waals surface area contributed by atoms with Crippen molar-refractivity contribution >= 4 is 33.2 Å². The molecule has 2 aliphatic heterocycles. The molecule has 1 saturated heterocycles. The third-order valence-electron chi connectivity index (χ3n) is 3.33. The first kappa shape index (κ1) is 10.1. The van der Waals surface area contributed by atoms with Crippen molar-refractivity contribution in [2.45, 2.75) is 25.3 Å². The van der Waals surface area contributed by atoms with Crippen molar-refractivity contribution in [2.75, 3.05) is 16.8 Å². The van der Waals surface area contributed by atoms with E-state index in [-0.39, 0.29) is 11.9 Å². The summed E-state index contributed by atoms with van der Waals surface area (Å²) in [5, 5.41) is 2.99. The molecule has 0 aliphatic carbocycles. The molecule has 2 heterocycles. The van der Waals surface area contributed by atoms with Gasteiger partial charge in [0.15, 0.2) is 0 Å². The van der Waals surface area contributed by atoms with E-state index in [0.29, 0.717) is 0 Å². The second-order valence-electron chi connectivity index (χ2n) is 4.36. The Balaban J connectivity index is 2.06. The van der Waals surface area contributed by atoms with Crippen LogP contribution >= 0.6 is 15.9 Å². The second kappa shape index (κ2) is 3.77. The number of benzene rings is 1. The lowest BCUT2D eigenvalue weighted by Gasteiger charge is -2.41. The van der Waals surface area contributed by atoms with Crippen molar-refractivity contribution in [3.05, 3.63) is 22.7 Å². The largest absolute Gasteiger partial charge is 0.358 e. The van der Waals surface area contributed by atoms with E-state index < -0.39 is 0 Å².